The molecule has 0 saturated carbocycles. The molecule has 24 heavy (non-hydrogen) atoms. The van der Waals surface area contributed by atoms with Crippen LogP contribution in [0.4, 0.5) is 0 Å². The van der Waals surface area contributed by atoms with E-state index in [0.717, 1.165) is 23.5 Å². The highest BCUT2D eigenvalue weighted by atomic mass is 32.1. The van der Waals surface area contributed by atoms with Crippen molar-refractivity contribution in [3.8, 4) is 0 Å². The lowest BCUT2D eigenvalue weighted by Crippen LogP contribution is -2.39. The number of carbonyl (C=O) groups is 2. The predicted molar refractivity (Wildman–Crippen MR) is 92.3 cm³/mol. The van der Waals surface area contributed by atoms with Crippen molar-refractivity contribution in [2.45, 2.75) is 33.7 Å². The third kappa shape index (κ3) is 4.67. The topological polar surface area (TPSA) is 71.8 Å². The average Bonchev–Trinajstić information content (AvgIpc) is 2.72. The fourth-order valence-electron chi connectivity index (χ4n) is 2.77. The van der Waals surface area contributed by atoms with Gasteiger partial charge in [0.25, 0.3) is 0 Å². The monoisotopic (exact) mass is 355 g/mol. The van der Waals surface area contributed by atoms with Crippen molar-refractivity contribution in [3.63, 3.8) is 0 Å². The van der Waals surface area contributed by atoms with E-state index >= 15 is 0 Å². The minimum absolute atomic E-state index is 0.0454. The molecule has 0 spiro atoms. The van der Waals surface area contributed by atoms with Crippen LogP contribution in [0.2, 0.25) is 0 Å². The van der Waals surface area contributed by atoms with Crippen LogP contribution in [0.1, 0.15) is 23.9 Å². The Kier molecular flexibility index (Phi) is 6.56. The predicted octanol–water partition coefficient (Wildman–Crippen LogP) is 0.624. The number of carbonyl (C=O) groups excluding carboxylic acids is 2. The van der Waals surface area contributed by atoms with Crippen molar-refractivity contribution in [2.24, 2.45) is 0 Å². The average molecular weight is 355 g/mol. The van der Waals surface area contributed by atoms with Crippen LogP contribution in [0.5, 0.6) is 0 Å². The summed E-state index contributed by atoms with van der Waals surface area (Å²) in [5.74, 6) is -0.274. The van der Waals surface area contributed by atoms with Crippen LogP contribution in [0.15, 0.2) is 4.79 Å². The van der Waals surface area contributed by atoms with E-state index in [2.05, 4.69) is 0 Å². The lowest BCUT2D eigenvalue weighted by Gasteiger charge is -2.22. The number of nitrogens with zero attached hydrogens (tertiary/aromatic N) is 3. The molecule has 0 radical (unpaired) electrons. The second-order valence-electron chi connectivity index (χ2n) is 5.91. The van der Waals surface area contributed by atoms with Crippen molar-refractivity contribution in [3.05, 3.63) is 20.2 Å². The van der Waals surface area contributed by atoms with Crippen molar-refractivity contribution in [1.82, 2.24) is 14.4 Å². The number of amides is 1. The van der Waals surface area contributed by atoms with Gasteiger partial charge in [-0.05, 0) is 27.2 Å². The van der Waals surface area contributed by atoms with E-state index in [1.54, 1.807) is 16.4 Å². The number of esters is 1. The summed E-state index contributed by atoms with van der Waals surface area (Å²) >= 11 is 1.18. The molecule has 7 nitrogen and oxygen atoms in total. The molecular weight excluding hydrogens is 330 g/mol. The van der Waals surface area contributed by atoms with E-state index in [4.69, 9.17) is 4.74 Å². The fourth-order valence-corrected chi connectivity index (χ4v) is 3.60. The minimum Gasteiger partial charge on any atom is -0.465 e. The van der Waals surface area contributed by atoms with E-state index in [0.29, 0.717) is 26.2 Å². The summed E-state index contributed by atoms with van der Waals surface area (Å²) in [5, 5.41) is 0. The number of ether oxygens (including phenoxy) is 1. The van der Waals surface area contributed by atoms with E-state index in [1.165, 1.54) is 11.3 Å². The standard InChI is InChI=1S/C16H25N3O4S/c1-4-23-15(21)11-17-6-5-7-18(9-8-17)14(20)10-19-12(2)13(3)24-16(19)22/h4-11H2,1-3H3. The van der Waals surface area contributed by atoms with Crippen LogP contribution in [0, 0.1) is 13.8 Å². The Morgan fingerprint density at radius 1 is 1.12 bits per heavy atom. The molecule has 1 aliphatic rings. The maximum Gasteiger partial charge on any atom is 0.320 e. The van der Waals surface area contributed by atoms with Gasteiger partial charge in [0.2, 0.25) is 5.91 Å². The highest BCUT2D eigenvalue weighted by Crippen LogP contribution is 2.10. The first-order chi connectivity index (χ1) is 11.4. The van der Waals surface area contributed by atoms with Crippen molar-refractivity contribution >= 4 is 23.2 Å². The molecule has 8 heteroatoms. The Morgan fingerprint density at radius 2 is 1.88 bits per heavy atom. The SMILES string of the molecule is CCOC(=O)CN1CCCN(C(=O)Cn2c(C)c(C)sc2=O)CC1. The third-order valence-electron chi connectivity index (χ3n) is 4.27. The molecule has 0 atom stereocenters. The molecule has 1 saturated heterocycles. The molecule has 1 fully saturated rings. The van der Waals surface area contributed by atoms with Crippen LogP contribution in [0.25, 0.3) is 0 Å². The highest BCUT2D eigenvalue weighted by molar-refractivity contribution is 7.09. The van der Waals surface area contributed by atoms with Crippen LogP contribution in [0.3, 0.4) is 0 Å². The van der Waals surface area contributed by atoms with E-state index in [-0.39, 0.29) is 29.8 Å². The Balaban J connectivity index is 1.92. The van der Waals surface area contributed by atoms with Gasteiger partial charge in [0.15, 0.2) is 0 Å². The smallest absolute Gasteiger partial charge is 0.320 e. The minimum atomic E-state index is -0.229. The summed E-state index contributed by atoms with van der Waals surface area (Å²) in [6.07, 6.45) is 0.807. The van der Waals surface area contributed by atoms with Crippen LogP contribution >= 0.6 is 11.3 Å². The Morgan fingerprint density at radius 3 is 2.50 bits per heavy atom. The van der Waals surface area contributed by atoms with Gasteiger partial charge in [0.1, 0.15) is 6.54 Å². The molecule has 0 bridgehead atoms. The largest absolute Gasteiger partial charge is 0.465 e. The van der Waals surface area contributed by atoms with Gasteiger partial charge >= 0.3 is 10.8 Å². The molecule has 0 N–H and O–H groups in total. The number of aromatic nitrogens is 1. The number of hydrogen-bond donors (Lipinski definition) is 0. The van der Waals surface area contributed by atoms with Gasteiger partial charge in [-0.3, -0.25) is 23.9 Å². The molecule has 1 aromatic rings. The summed E-state index contributed by atoms with van der Waals surface area (Å²) in [7, 11) is 0. The first-order valence-corrected chi connectivity index (χ1v) is 9.06. The molecule has 2 rings (SSSR count). The van der Waals surface area contributed by atoms with E-state index < -0.39 is 0 Å². The van der Waals surface area contributed by atoms with Crippen LogP contribution < -0.4 is 4.87 Å². The van der Waals surface area contributed by atoms with Gasteiger partial charge < -0.3 is 9.64 Å². The molecule has 1 amide bonds. The molecule has 0 aromatic carbocycles. The Bertz CT molecular complexity index is 652. The lowest BCUT2D eigenvalue weighted by atomic mass is 10.3. The van der Waals surface area contributed by atoms with Gasteiger partial charge in [-0.1, -0.05) is 11.3 Å². The number of rotatable bonds is 5. The maximum atomic E-state index is 12.5. The zero-order chi connectivity index (χ0) is 17.7. The number of hydrogen-bond acceptors (Lipinski definition) is 6. The van der Waals surface area contributed by atoms with E-state index in [1.807, 2.05) is 18.7 Å². The number of thiazole rings is 1. The molecule has 0 unspecified atom stereocenters. The zero-order valence-electron chi connectivity index (χ0n) is 14.5. The second-order valence-corrected chi connectivity index (χ2v) is 7.08. The van der Waals surface area contributed by atoms with Gasteiger partial charge in [-0.15, -0.1) is 0 Å². The zero-order valence-corrected chi connectivity index (χ0v) is 15.4. The summed E-state index contributed by atoms with van der Waals surface area (Å²) < 4.78 is 6.51. The van der Waals surface area contributed by atoms with Crippen molar-refractivity contribution in [1.29, 1.82) is 0 Å². The molecular formula is C16H25N3O4S. The van der Waals surface area contributed by atoms with Gasteiger partial charge in [-0.2, -0.15) is 0 Å². The van der Waals surface area contributed by atoms with Crippen LogP contribution in [-0.4, -0.2) is 65.6 Å². The van der Waals surface area contributed by atoms with Gasteiger partial charge in [0.05, 0.1) is 13.2 Å². The normalized spacial score (nSPS) is 16.0. The molecule has 1 aromatic heterocycles. The summed E-state index contributed by atoms with van der Waals surface area (Å²) in [5.41, 5.74) is 0.858. The molecule has 1 aliphatic heterocycles. The van der Waals surface area contributed by atoms with Gasteiger partial charge in [-0.25, -0.2) is 0 Å². The summed E-state index contributed by atoms with van der Waals surface area (Å²) in [6, 6.07) is 0. The maximum absolute atomic E-state index is 12.5. The summed E-state index contributed by atoms with van der Waals surface area (Å²) in [4.78, 5) is 40.7. The quantitative estimate of drug-likeness (QED) is 0.724. The Hall–Kier alpha value is -1.67. The fraction of sp³-hybridized carbons (Fsp3) is 0.688. The molecule has 2 heterocycles. The third-order valence-corrected chi connectivity index (χ3v) is 5.26. The molecule has 134 valence electrons. The lowest BCUT2D eigenvalue weighted by molar-refractivity contribution is -0.144. The molecule has 0 aliphatic carbocycles. The van der Waals surface area contributed by atoms with E-state index in [9.17, 15) is 14.4 Å². The van der Waals surface area contributed by atoms with Crippen LogP contribution in [-0.2, 0) is 20.9 Å². The van der Waals surface area contributed by atoms with Crippen molar-refractivity contribution < 1.29 is 14.3 Å². The highest BCUT2D eigenvalue weighted by Gasteiger charge is 2.22. The first-order valence-electron chi connectivity index (χ1n) is 8.25. The van der Waals surface area contributed by atoms with Crippen molar-refractivity contribution in [2.75, 3.05) is 39.3 Å². The van der Waals surface area contributed by atoms with Gasteiger partial charge in [0, 0.05) is 36.8 Å². The number of aryl methyl sites for hydroxylation is 1. The summed E-state index contributed by atoms with van der Waals surface area (Å²) in [6.45, 7) is 8.89. The Labute approximate surface area is 145 Å². The first kappa shape index (κ1) is 18.7. The second kappa shape index (κ2) is 8.43.